The number of amides is 1. The van der Waals surface area contributed by atoms with Gasteiger partial charge in [0, 0.05) is 18.7 Å². The Morgan fingerprint density at radius 1 is 1.43 bits per heavy atom. The van der Waals surface area contributed by atoms with E-state index in [9.17, 15) is 9.18 Å². The molecule has 110 valence electrons. The van der Waals surface area contributed by atoms with Crippen molar-refractivity contribution >= 4 is 28.8 Å². The first-order valence-corrected chi connectivity index (χ1v) is 7.62. The number of nitrogens with one attached hydrogen (secondary N) is 1. The van der Waals surface area contributed by atoms with Crippen molar-refractivity contribution in [1.29, 1.82) is 0 Å². The van der Waals surface area contributed by atoms with E-state index in [4.69, 9.17) is 0 Å². The Balaban J connectivity index is 1.55. The summed E-state index contributed by atoms with van der Waals surface area (Å²) in [6, 6.07) is 0. The van der Waals surface area contributed by atoms with Crippen LogP contribution in [0.2, 0.25) is 0 Å². The lowest BCUT2D eigenvalue weighted by atomic mass is 10.2. The fourth-order valence-electron chi connectivity index (χ4n) is 2.16. The minimum absolute atomic E-state index is 0.0272. The number of aromatic amines is 1. The average molecular weight is 307 g/mol. The van der Waals surface area contributed by atoms with Crippen molar-refractivity contribution in [2.45, 2.75) is 17.9 Å². The Bertz CT molecular complexity index is 686. The van der Waals surface area contributed by atoms with Gasteiger partial charge in [-0.1, -0.05) is 0 Å². The highest BCUT2D eigenvalue weighted by atomic mass is 32.2. The molecule has 2 aromatic rings. The van der Waals surface area contributed by atoms with Crippen LogP contribution in [0.15, 0.2) is 29.6 Å². The smallest absolute Gasteiger partial charge is 0.223 e. The summed E-state index contributed by atoms with van der Waals surface area (Å²) in [5.74, 6) is 0.337. The number of hydrogen-bond acceptors (Lipinski definition) is 5. The molecule has 1 aliphatic rings. The zero-order chi connectivity index (χ0) is 14.7. The van der Waals surface area contributed by atoms with Crippen LogP contribution >= 0.6 is 11.8 Å². The van der Waals surface area contributed by atoms with E-state index in [1.165, 1.54) is 24.2 Å². The first-order chi connectivity index (χ1) is 10.2. The number of hydrogen-bond donors (Lipinski definition) is 1. The van der Waals surface area contributed by atoms with Gasteiger partial charge in [0.25, 0.3) is 0 Å². The Hall–Kier alpha value is -1.96. The summed E-state index contributed by atoms with van der Waals surface area (Å²) in [7, 11) is 0. The lowest BCUT2D eigenvalue weighted by Gasteiger charge is -2.24. The van der Waals surface area contributed by atoms with Gasteiger partial charge < -0.3 is 9.88 Å². The summed E-state index contributed by atoms with van der Waals surface area (Å²) in [6.07, 6.45) is 5.51. The molecule has 6 nitrogen and oxygen atoms in total. The minimum Gasteiger partial charge on any atom is -0.341 e. The maximum absolute atomic E-state index is 13.2. The second-order valence-corrected chi connectivity index (χ2v) is 5.72. The second-order valence-electron chi connectivity index (χ2n) is 4.63. The van der Waals surface area contributed by atoms with E-state index in [0.29, 0.717) is 30.8 Å². The number of aromatic nitrogens is 4. The monoisotopic (exact) mass is 307 g/mol. The van der Waals surface area contributed by atoms with E-state index in [-0.39, 0.29) is 18.3 Å². The summed E-state index contributed by atoms with van der Waals surface area (Å²) < 4.78 is 13.2. The van der Waals surface area contributed by atoms with E-state index in [2.05, 4.69) is 19.9 Å². The van der Waals surface area contributed by atoms with Gasteiger partial charge in [0.05, 0.1) is 12.9 Å². The molecule has 0 spiro atoms. The molecule has 0 radical (unpaired) electrons. The first-order valence-electron chi connectivity index (χ1n) is 6.63. The molecule has 0 saturated heterocycles. The van der Waals surface area contributed by atoms with E-state index in [1.54, 1.807) is 11.2 Å². The molecule has 2 aromatic heterocycles. The maximum Gasteiger partial charge on any atom is 0.223 e. The van der Waals surface area contributed by atoms with E-state index < -0.39 is 0 Å². The lowest BCUT2D eigenvalue weighted by molar-refractivity contribution is -0.130. The van der Waals surface area contributed by atoms with Gasteiger partial charge in [-0.05, 0) is 12.5 Å². The second kappa shape index (κ2) is 6.21. The molecule has 0 fully saturated rings. The molecule has 21 heavy (non-hydrogen) atoms. The molecule has 3 heterocycles. The number of carbonyl (C=O) groups excluding carboxylic acids is 1. The number of rotatable bonds is 4. The predicted octanol–water partition coefficient (Wildman–Crippen LogP) is 1.92. The molecular weight excluding hydrogens is 293 g/mol. The Morgan fingerprint density at radius 3 is 3.19 bits per heavy atom. The van der Waals surface area contributed by atoms with Gasteiger partial charge in [0.15, 0.2) is 5.65 Å². The van der Waals surface area contributed by atoms with Crippen LogP contribution in [0, 0.1) is 0 Å². The van der Waals surface area contributed by atoms with Crippen LogP contribution in [0.25, 0.3) is 11.2 Å². The topological polar surface area (TPSA) is 74.8 Å². The zero-order valence-electron chi connectivity index (χ0n) is 11.3. The summed E-state index contributed by atoms with van der Waals surface area (Å²) >= 11 is 1.47. The van der Waals surface area contributed by atoms with Crippen molar-refractivity contribution < 1.29 is 9.18 Å². The Labute approximate surface area is 124 Å². The van der Waals surface area contributed by atoms with E-state index >= 15 is 0 Å². The SMILES string of the molecule is O=C(CCSc1ncnc2nc[nH]c12)N1CCC=C(F)C1. The number of nitrogens with zero attached hydrogens (tertiary/aromatic N) is 4. The molecule has 1 N–H and O–H groups in total. The zero-order valence-corrected chi connectivity index (χ0v) is 12.1. The quantitative estimate of drug-likeness (QED) is 0.690. The molecule has 0 saturated carbocycles. The third-order valence-electron chi connectivity index (χ3n) is 3.20. The Morgan fingerprint density at radius 2 is 2.33 bits per heavy atom. The molecule has 1 aliphatic heterocycles. The fourth-order valence-corrected chi connectivity index (χ4v) is 3.05. The molecule has 0 bridgehead atoms. The lowest BCUT2D eigenvalue weighted by Crippen LogP contribution is -2.35. The van der Waals surface area contributed by atoms with Crippen molar-refractivity contribution in [2.24, 2.45) is 0 Å². The molecule has 3 rings (SSSR count). The van der Waals surface area contributed by atoms with Gasteiger partial charge in [0.1, 0.15) is 22.7 Å². The van der Waals surface area contributed by atoms with Crippen molar-refractivity contribution in [3.8, 4) is 0 Å². The number of carbonyl (C=O) groups is 1. The Kier molecular flexibility index (Phi) is 4.14. The normalized spacial score (nSPS) is 15.3. The van der Waals surface area contributed by atoms with Crippen molar-refractivity contribution in [2.75, 3.05) is 18.8 Å². The van der Waals surface area contributed by atoms with Crippen LogP contribution in [-0.2, 0) is 4.79 Å². The van der Waals surface area contributed by atoms with Gasteiger partial charge in [-0.25, -0.2) is 19.3 Å². The van der Waals surface area contributed by atoms with Crippen LogP contribution < -0.4 is 0 Å². The minimum atomic E-state index is -0.225. The first kappa shape index (κ1) is 14.0. The van der Waals surface area contributed by atoms with Gasteiger partial charge in [-0.2, -0.15) is 0 Å². The molecule has 0 unspecified atom stereocenters. The summed E-state index contributed by atoms with van der Waals surface area (Å²) in [6.45, 7) is 0.691. The van der Waals surface area contributed by atoms with Crippen LogP contribution in [0.3, 0.4) is 0 Å². The third-order valence-corrected chi connectivity index (χ3v) is 4.19. The highest BCUT2D eigenvalue weighted by molar-refractivity contribution is 7.99. The summed E-state index contributed by atoms with van der Waals surface area (Å²) in [5.41, 5.74) is 1.39. The molecular formula is C13H14FN5OS. The molecule has 0 atom stereocenters. The van der Waals surface area contributed by atoms with Crippen LogP contribution in [0.4, 0.5) is 4.39 Å². The largest absolute Gasteiger partial charge is 0.341 e. The van der Waals surface area contributed by atoms with Gasteiger partial charge >= 0.3 is 0 Å². The van der Waals surface area contributed by atoms with Crippen molar-refractivity contribution in [3.63, 3.8) is 0 Å². The van der Waals surface area contributed by atoms with Crippen LogP contribution in [-0.4, -0.2) is 49.6 Å². The number of imidazole rings is 1. The standard InChI is InChI=1S/C13H14FN5OS/c14-9-2-1-4-19(6-9)10(20)3-5-21-13-11-12(16-7-15-11)17-8-18-13/h2,7-8H,1,3-6H2,(H,15,16,17,18). The fraction of sp³-hybridized carbons (Fsp3) is 0.385. The number of fused-ring (bicyclic) bond motifs is 1. The van der Waals surface area contributed by atoms with Crippen molar-refractivity contribution in [1.82, 2.24) is 24.8 Å². The van der Waals surface area contributed by atoms with E-state index in [1.807, 2.05) is 0 Å². The molecule has 8 heteroatoms. The third kappa shape index (κ3) is 3.21. The highest BCUT2D eigenvalue weighted by Gasteiger charge is 2.18. The van der Waals surface area contributed by atoms with Crippen LogP contribution in [0.5, 0.6) is 0 Å². The average Bonchev–Trinajstić information content (AvgIpc) is 2.96. The van der Waals surface area contributed by atoms with Crippen LogP contribution in [0.1, 0.15) is 12.8 Å². The van der Waals surface area contributed by atoms with Crippen molar-refractivity contribution in [3.05, 3.63) is 24.6 Å². The number of H-pyrrole nitrogens is 1. The van der Waals surface area contributed by atoms with Gasteiger partial charge in [-0.3, -0.25) is 4.79 Å². The molecule has 0 aliphatic carbocycles. The van der Waals surface area contributed by atoms with Gasteiger partial charge in [-0.15, -0.1) is 11.8 Å². The highest BCUT2D eigenvalue weighted by Crippen LogP contribution is 2.22. The molecule has 1 amide bonds. The predicted molar refractivity (Wildman–Crippen MR) is 77.4 cm³/mol. The van der Waals surface area contributed by atoms with Gasteiger partial charge in [0.2, 0.25) is 5.91 Å². The van der Waals surface area contributed by atoms with E-state index in [0.717, 1.165) is 10.5 Å². The number of thioether (sulfide) groups is 1. The molecule has 0 aromatic carbocycles. The summed E-state index contributed by atoms with van der Waals surface area (Å²) in [5, 5.41) is 0.773. The number of halogens is 1. The summed E-state index contributed by atoms with van der Waals surface area (Å²) in [4.78, 5) is 28.8. The maximum atomic E-state index is 13.2.